The molecule has 0 radical (unpaired) electrons. The summed E-state index contributed by atoms with van der Waals surface area (Å²) in [5.74, 6) is 0. The van der Waals surface area contributed by atoms with Gasteiger partial charge in [0.2, 0.25) is 0 Å². The highest BCUT2D eigenvalue weighted by atomic mass is 32.1. The van der Waals surface area contributed by atoms with Crippen molar-refractivity contribution in [3.05, 3.63) is 0 Å². The van der Waals surface area contributed by atoms with E-state index in [-0.39, 0.29) is 11.2 Å². The van der Waals surface area contributed by atoms with Gasteiger partial charge in [-0.25, -0.2) is 0 Å². The first-order valence-corrected chi connectivity index (χ1v) is 6.25. The van der Waals surface area contributed by atoms with Crippen LogP contribution in [0.15, 0.2) is 0 Å². The van der Waals surface area contributed by atoms with Crippen molar-refractivity contribution in [1.29, 1.82) is 0 Å². The molecule has 0 atom stereocenters. The van der Waals surface area contributed by atoms with Gasteiger partial charge in [-0.3, -0.25) is 4.79 Å². The molecule has 1 heterocycles. The second kappa shape index (κ2) is 9.19. The Balaban J connectivity index is 0.000000921. The molecule has 0 amide bonds. The zero-order chi connectivity index (χ0) is 11.7. The van der Waals surface area contributed by atoms with Gasteiger partial charge in [0.15, 0.2) is 5.12 Å². The van der Waals surface area contributed by atoms with E-state index in [1.54, 1.807) is 0 Å². The minimum atomic E-state index is -0.109. The number of aliphatic hydroxyl groups is 1. The van der Waals surface area contributed by atoms with E-state index in [0.29, 0.717) is 6.42 Å². The first-order valence-electron chi connectivity index (χ1n) is 5.80. The van der Waals surface area contributed by atoms with Gasteiger partial charge in [0, 0.05) is 19.5 Å². The van der Waals surface area contributed by atoms with Crippen molar-refractivity contribution >= 4 is 17.7 Å². The predicted molar refractivity (Wildman–Crippen MR) is 66.3 cm³/mol. The highest BCUT2D eigenvalue weighted by molar-refractivity contribution is 7.96. The molecule has 3 nitrogen and oxygen atoms in total. The van der Waals surface area contributed by atoms with Crippen molar-refractivity contribution < 1.29 is 9.90 Å². The Hall–Kier alpha value is -0.0600. The van der Waals surface area contributed by atoms with Crippen LogP contribution in [0.4, 0.5) is 0 Å². The maximum absolute atomic E-state index is 10.5. The quantitative estimate of drug-likeness (QED) is 0.726. The van der Waals surface area contributed by atoms with Gasteiger partial charge >= 0.3 is 0 Å². The molecule has 4 heteroatoms. The Kier molecular flexibility index (Phi) is 9.15. The number of hydrogen-bond donors (Lipinski definition) is 2. The van der Waals surface area contributed by atoms with Gasteiger partial charge in [-0.05, 0) is 25.8 Å². The molecule has 0 aliphatic carbocycles. The Morgan fingerprint density at radius 3 is 2.40 bits per heavy atom. The maximum atomic E-state index is 10.5. The fraction of sp³-hybridized carbons (Fsp3) is 0.909. The minimum Gasteiger partial charge on any atom is -0.393 e. The monoisotopic (exact) mass is 233 g/mol. The van der Waals surface area contributed by atoms with Crippen LogP contribution in [0, 0.1) is 0 Å². The van der Waals surface area contributed by atoms with Crippen LogP contribution >= 0.6 is 12.6 Å². The first kappa shape index (κ1) is 14.9. The molecule has 1 fully saturated rings. The van der Waals surface area contributed by atoms with Crippen molar-refractivity contribution in [2.45, 2.75) is 45.6 Å². The van der Waals surface area contributed by atoms with Crippen LogP contribution in [0.3, 0.4) is 0 Å². The van der Waals surface area contributed by atoms with Crippen LogP contribution in [0.25, 0.3) is 0 Å². The molecule has 90 valence electrons. The zero-order valence-corrected chi connectivity index (χ0v) is 10.7. The topological polar surface area (TPSA) is 40.5 Å². The van der Waals surface area contributed by atoms with E-state index in [2.05, 4.69) is 17.5 Å². The smallest absolute Gasteiger partial charge is 0.185 e. The summed E-state index contributed by atoms with van der Waals surface area (Å²) in [7, 11) is 0. The highest BCUT2D eigenvalue weighted by Gasteiger charge is 2.16. The molecular weight excluding hydrogens is 210 g/mol. The Labute approximate surface area is 98.3 Å². The molecule has 1 rings (SSSR count). The summed E-state index contributed by atoms with van der Waals surface area (Å²) in [5, 5.41) is 9.22. The van der Waals surface area contributed by atoms with Gasteiger partial charge < -0.3 is 10.0 Å². The van der Waals surface area contributed by atoms with E-state index in [1.165, 1.54) is 0 Å². The summed E-state index contributed by atoms with van der Waals surface area (Å²) in [6.07, 6.45) is 3.08. The summed E-state index contributed by atoms with van der Waals surface area (Å²) >= 11 is 3.71. The second-order valence-electron chi connectivity index (χ2n) is 3.57. The second-order valence-corrected chi connectivity index (χ2v) is 4.07. The fourth-order valence-corrected chi connectivity index (χ4v) is 1.75. The van der Waals surface area contributed by atoms with Crippen molar-refractivity contribution in [2.75, 3.05) is 19.6 Å². The van der Waals surface area contributed by atoms with Crippen molar-refractivity contribution in [3.8, 4) is 0 Å². The van der Waals surface area contributed by atoms with Gasteiger partial charge in [0.1, 0.15) is 0 Å². The van der Waals surface area contributed by atoms with Crippen molar-refractivity contribution in [2.24, 2.45) is 0 Å². The van der Waals surface area contributed by atoms with Crippen molar-refractivity contribution in [1.82, 2.24) is 4.90 Å². The normalized spacial score (nSPS) is 18.1. The number of thiol groups is 1. The SMILES string of the molecule is CC.O=C(S)CCCN1CCC(O)CC1. The molecule has 15 heavy (non-hydrogen) atoms. The minimum absolute atomic E-state index is 0.0305. The number of rotatable bonds is 4. The molecule has 0 saturated carbocycles. The van der Waals surface area contributed by atoms with Crippen LogP contribution in [0.1, 0.15) is 39.5 Å². The van der Waals surface area contributed by atoms with E-state index in [0.717, 1.165) is 38.9 Å². The first-order chi connectivity index (χ1) is 7.18. The van der Waals surface area contributed by atoms with Crippen LogP contribution in [0.2, 0.25) is 0 Å². The van der Waals surface area contributed by atoms with Gasteiger partial charge in [-0.2, -0.15) is 0 Å². The predicted octanol–water partition coefficient (Wildman–Crippen LogP) is 1.71. The molecule has 0 spiro atoms. The average Bonchev–Trinajstić information content (AvgIpc) is 2.23. The number of piperidine rings is 1. The molecule has 1 saturated heterocycles. The number of aliphatic hydroxyl groups excluding tert-OH is 1. The van der Waals surface area contributed by atoms with Crippen LogP contribution < -0.4 is 0 Å². The Morgan fingerprint density at radius 2 is 1.93 bits per heavy atom. The van der Waals surface area contributed by atoms with E-state index < -0.39 is 0 Å². The number of likely N-dealkylation sites (tertiary alicyclic amines) is 1. The zero-order valence-electron chi connectivity index (χ0n) is 9.78. The number of carbonyl (C=O) groups is 1. The van der Waals surface area contributed by atoms with E-state index in [9.17, 15) is 9.90 Å². The standard InChI is InChI=1S/C9H17NO2S.C2H6/c11-8-3-6-10(7-4-8)5-1-2-9(12)13;1-2/h8,11H,1-7H2,(H,12,13);1-2H3. The van der Waals surface area contributed by atoms with E-state index >= 15 is 0 Å². The molecule has 0 aromatic rings. The summed E-state index contributed by atoms with van der Waals surface area (Å²) in [4.78, 5) is 12.8. The highest BCUT2D eigenvalue weighted by Crippen LogP contribution is 2.10. The van der Waals surface area contributed by atoms with Crippen LogP contribution in [-0.2, 0) is 4.79 Å². The third-order valence-electron chi connectivity index (χ3n) is 2.42. The fourth-order valence-electron chi connectivity index (χ4n) is 1.60. The third-order valence-corrected chi connectivity index (χ3v) is 2.65. The average molecular weight is 233 g/mol. The largest absolute Gasteiger partial charge is 0.393 e. The van der Waals surface area contributed by atoms with Gasteiger partial charge in [0.25, 0.3) is 0 Å². The van der Waals surface area contributed by atoms with Crippen molar-refractivity contribution in [3.63, 3.8) is 0 Å². The Bertz CT molecular complexity index is 168. The molecule has 0 aromatic heterocycles. The Morgan fingerprint density at radius 1 is 1.40 bits per heavy atom. The van der Waals surface area contributed by atoms with E-state index in [4.69, 9.17) is 0 Å². The van der Waals surface area contributed by atoms with Crippen LogP contribution in [-0.4, -0.2) is 40.9 Å². The lowest BCUT2D eigenvalue weighted by Gasteiger charge is -2.29. The third kappa shape index (κ3) is 7.82. The summed E-state index contributed by atoms with van der Waals surface area (Å²) in [6.45, 7) is 6.88. The maximum Gasteiger partial charge on any atom is 0.185 e. The molecule has 1 aliphatic heterocycles. The molecular formula is C11H23NO2S. The molecule has 0 bridgehead atoms. The molecule has 0 unspecified atom stereocenters. The molecule has 1 N–H and O–H groups in total. The number of nitrogens with zero attached hydrogens (tertiary/aromatic N) is 1. The lowest BCUT2D eigenvalue weighted by atomic mass is 10.1. The lowest BCUT2D eigenvalue weighted by molar-refractivity contribution is -0.111. The molecule has 0 aromatic carbocycles. The summed E-state index contributed by atoms with van der Waals surface area (Å²) < 4.78 is 0. The molecule has 1 aliphatic rings. The lowest BCUT2D eigenvalue weighted by Crippen LogP contribution is -2.36. The van der Waals surface area contributed by atoms with Crippen LogP contribution in [0.5, 0.6) is 0 Å². The van der Waals surface area contributed by atoms with Gasteiger partial charge in [-0.15, -0.1) is 12.6 Å². The van der Waals surface area contributed by atoms with Gasteiger partial charge in [0.05, 0.1) is 6.10 Å². The number of carbonyl (C=O) groups excluding carboxylic acids is 1. The van der Waals surface area contributed by atoms with E-state index in [1.807, 2.05) is 13.8 Å². The summed E-state index contributed by atoms with van der Waals surface area (Å²) in [6, 6.07) is 0. The van der Waals surface area contributed by atoms with Gasteiger partial charge in [-0.1, -0.05) is 13.8 Å². The number of hydrogen-bond acceptors (Lipinski definition) is 3. The summed E-state index contributed by atoms with van der Waals surface area (Å²) in [5.41, 5.74) is 0.